The SMILES string of the molecule is CC1(C)CC(=O)CCN1c1cccc(C#N)c1. The first kappa shape index (κ1) is 11.7. The van der Waals surface area contributed by atoms with E-state index in [2.05, 4.69) is 24.8 Å². The highest BCUT2D eigenvalue weighted by molar-refractivity contribution is 5.82. The molecule has 1 aliphatic rings. The van der Waals surface area contributed by atoms with Crippen LogP contribution in [0.1, 0.15) is 32.3 Å². The van der Waals surface area contributed by atoms with Crippen LogP contribution in [-0.2, 0) is 4.79 Å². The quantitative estimate of drug-likeness (QED) is 0.741. The first-order valence-corrected chi connectivity index (χ1v) is 5.82. The molecule has 3 heteroatoms. The fourth-order valence-corrected chi connectivity index (χ4v) is 2.43. The van der Waals surface area contributed by atoms with Crippen molar-refractivity contribution in [2.24, 2.45) is 0 Å². The number of benzene rings is 1. The summed E-state index contributed by atoms with van der Waals surface area (Å²) in [6, 6.07) is 9.72. The average Bonchev–Trinajstić information content (AvgIpc) is 2.27. The van der Waals surface area contributed by atoms with Crippen LogP contribution in [0.2, 0.25) is 0 Å². The van der Waals surface area contributed by atoms with Crippen LogP contribution in [-0.4, -0.2) is 17.9 Å². The second kappa shape index (κ2) is 4.21. The number of nitrogens with zero attached hydrogens (tertiary/aromatic N) is 2. The summed E-state index contributed by atoms with van der Waals surface area (Å²) in [5.74, 6) is 0.322. The molecule has 0 aliphatic carbocycles. The third-order valence-corrected chi connectivity index (χ3v) is 3.26. The van der Waals surface area contributed by atoms with Crippen molar-refractivity contribution in [2.45, 2.75) is 32.2 Å². The maximum absolute atomic E-state index is 11.5. The summed E-state index contributed by atoms with van der Waals surface area (Å²) in [5.41, 5.74) is 1.53. The number of anilines is 1. The molecule has 0 amide bonds. The highest BCUT2D eigenvalue weighted by Gasteiger charge is 2.33. The Balaban J connectivity index is 2.33. The van der Waals surface area contributed by atoms with Crippen LogP contribution in [0, 0.1) is 11.3 Å². The third-order valence-electron chi connectivity index (χ3n) is 3.26. The lowest BCUT2D eigenvalue weighted by Gasteiger charge is -2.43. The van der Waals surface area contributed by atoms with Gasteiger partial charge in [0.15, 0.2) is 0 Å². The van der Waals surface area contributed by atoms with Gasteiger partial charge in [0, 0.05) is 30.6 Å². The second-order valence-corrected chi connectivity index (χ2v) is 5.09. The van der Waals surface area contributed by atoms with E-state index in [4.69, 9.17) is 5.26 Å². The summed E-state index contributed by atoms with van der Waals surface area (Å²) in [6.45, 7) is 4.88. The van der Waals surface area contributed by atoms with E-state index in [1.165, 1.54) is 0 Å². The molecular weight excluding hydrogens is 212 g/mol. The molecular formula is C14H16N2O. The molecule has 0 bridgehead atoms. The predicted octanol–water partition coefficient (Wildman–Crippen LogP) is 2.51. The Kier molecular flexibility index (Phi) is 2.89. The molecule has 1 heterocycles. The number of rotatable bonds is 1. The van der Waals surface area contributed by atoms with Gasteiger partial charge in [-0.25, -0.2) is 0 Å². The van der Waals surface area contributed by atoms with Crippen LogP contribution >= 0.6 is 0 Å². The highest BCUT2D eigenvalue weighted by Crippen LogP contribution is 2.31. The van der Waals surface area contributed by atoms with Crippen LogP contribution in [0.25, 0.3) is 0 Å². The van der Waals surface area contributed by atoms with Gasteiger partial charge in [0.25, 0.3) is 0 Å². The van der Waals surface area contributed by atoms with Crippen molar-refractivity contribution in [1.82, 2.24) is 0 Å². The molecule has 1 saturated heterocycles. The lowest BCUT2D eigenvalue weighted by molar-refractivity contribution is -0.121. The Labute approximate surface area is 102 Å². The minimum absolute atomic E-state index is 0.163. The molecule has 88 valence electrons. The lowest BCUT2D eigenvalue weighted by atomic mass is 9.89. The van der Waals surface area contributed by atoms with Gasteiger partial charge in [-0.05, 0) is 32.0 Å². The Morgan fingerprint density at radius 1 is 1.41 bits per heavy atom. The number of piperidine rings is 1. The molecule has 3 nitrogen and oxygen atoms in total. The van der Waals surface area contributed by atoms with Crippen molar-refractivity contribution in [1.29, 1.82) is 5.26 Å². The van der Waals surface area contributed by atoms with Gasteiger partial charge in [0.05, 0.1) is 11.6 Å². The van der Waals surface area contributed by atoms with Gasteiger partial charge in [0.1, 0.15) is 5.78 Å². The average molecular weight is 228 g/mol. The molecule has 1 aromatic carbocycles. The maximum atomic E-state index is 11.5. The largest absolute Gasteiger partial charge is 0.365 e. The van der Waals surface area contributed by atoms with Crippen molar-refractivity contribution < 1.29 is 4.79 Å². The van der Waals surface area contributed by atoms with E-state index in [1.807, 2.05) is 18.2 Å². The molecule has 0 aromatic heterocycles. The van der Waals surface area contributed by atoms with Crippen LogP contribution in [0.3, 0.4) is 0 Å². The first-order valence-electron chi connectivity index (χ1n) is 5.82. The summed E-state index contributed by atoms with van der Waals surface area (Å²) >= 11 is 0. The Morgan fingerprint density at radius 2 is 2.18 bits per heavy atom. The standard InChI is InChI=1S/C14H16N2O/c1-14(2)9-13(17)6-7-16(14)12-5-3-4-11(8-12)10-15/h3-5,8H,6-7,9H2,1-2H3. The van der Waals surface area contributed by atoms with E-state index in [0.717, 1.165) is 12.2 Å². The molecule has 1 aromatic rings. The van der Waals surface area contributed by atoms with Crippen LogP contribution in [0.5, 0.6) is 0 Å². The van der Waals surface area contributed by atoms with Crippen molar-refractivity contribution in [3.05, 3.63) is 29.8 Å². The smallest absolute Gasteiger partial charge is 0.136 e. The number of Topliss-reactive ketones (excluding diaryl/α,β-unsaturated/α-hetero) is 1. The van der Waals surface area contributed by atoms with Gasteiger partial charge in [-0.3, -0.25) is 4.79 Å². The maximum Gasteiger partial charge on any atom is 0.136 e. The number of ketones is 1. The van der Waals surface area contributed by atoms with E-state index >= 15 is 0 Å². The predicted molar refractivity (Wildman–Crippen MR) is 66.8 cm³/mol. The fraction of sp³-hybridized carbons (Fsp3) is 0.429. The van der Waals surface area contributed by atoms with Crippen molar-refractivity contribution in [3.8, 4) is 6.07 Å². The summed E-state index contributed by atoms with van der Waals surface area (Å²) in [7, 11) is 0. The second-order valence-electron chi connectivity index (χ2n) is 5.09. The topological polar surface area (TPSA) is 44.1 Å². The van der Waals surface area contributed by atoms with E-state index < -0.39 is 0 Å². The molecule has 17 heavy (non-hydrogen) atoms. The van der Waals surface area contributed by atoms with Gasteiger partial charge in [-0.1, -0.05) is 6.07 Å². The van der Waals surface area contributed by atoms with Gasteiger partial charge in [0.2, 0.25) is 0 Å². The van der Waals surface area contributed by atoms with Crippen molar-refractivity contribution in [2.75, 3.05) is 11.4 Å². The fourth-order valence-electron chi connectivity index (χ4n) is 2.43. The number of carbonyl (C=O) groups is 1. The van der Waals surface area contributed by atoms with E-state index in [0.29, 0.717) is 24.2 Å². The summed E-state index contributed by atoms with van der Waals surface area (Å²) in [6.07, 6.45) is 1.17. The molecule has 0 atom stereocenters. The summed E-state index contributed by atoms with van der Waals surface area (Å²) in [5, 5.41) is 8.91. The van der Waals surface area contributed by atoms with Gasteiger partial charge < -0.3 is 4.90 Å². The Hall–Kier alpha value is -1.82. The lowest BCUT2D eigenvalue weighted by Crippen LogP contribution is -2.50. The van der Waals surface area contributed by atoms with E-state index in [1.54, 1.807) is 6.07 Å². The molecule has 1 fully saturated rings. The number of carbonyl (C=O) groups excluding carboxylic acids is 1. The minimum atomic E-state index is -0.163. The summed E-state index contributed by atoms with van der Waals surface area (Å²) < 4.78 is 0. The molecule has 0 radical (unpaired) electrons. The van der Waals surface area contributed by atoms with E-state index in [-0.39, 0.29) is 5.54 Å². The molecule has 0 spiro atoms. The zero-order valence-electron chi connectivity index (χ0n) is 10.2. The Bertz CT molecular complexity index is 485. The number of nitriles is 1. The summed E-state index contributed by atoms with van der Waals surface area (Å²) in [4.78, 5) is 13.7. The molecule has 2 rings (SSSR count). The van der Waals surface area contributed by atoms with Gasteiger partial charge in [-0.2, -0.15) is 5.26 Å². The third kappa shape index (κ3) is 2.31. The van der Waals surface area contributed by atoms with Crippen LogP contribution in [0.15, 0.2) is 24.3 Å². The van der Waals surface area contributed by atoms with Crippen LogP contribution in [0.4, 0.5) is 5.69 Å². The normalized spacial score (nSPS) is 18.9. The zero-order valence-corrected chi connectivity index (χ0v) is 10.2. The van der Waals surface area contributed by atoms with Gasteiger partial charge >= 0.3 is 0 Å². The van der Waals surface area contributed by atoms with Gasteiger partial charge in [-0.15, -0.1) is 0 Å². The zero-order chi connectivity index (χ0) is 12.5. The molecule has 1 aliphatic heterocycles. The first-order chi connectivity index (χ1) is 8.03. The van der Waals surface area contributed by atoms with Crippen molar-refractivity contribution in [3.63, 3.8) is 0 Å². The number of hydrogen-bond acceptors (Lipinski definition) is 3. The molecule has 0 N–H and O–H groups in total. The van der Waals surface area contributed by atoms with Crippen LogP contribution < -0.4 is 4.90 Å². The molecule has 0 unspecified atom stereocenters. The monoisotopic (exact) mass is 228 g/mol. The Morgan fingerprint density at radius 3 is 2.82 bits per heavy atom. The molecule has 0 saturated carbocycles. The minimum Gasteiger partial charge on any atom is -0.365 e. The number of hydrogen-bond donors (Lipinski definition) is 0. The highest BCUT2D eigenvalue weighted by atomic mass is 16.1. The van der Waals surface area contributed by atoms with E-state index in [9.17, 15) is 4.79 Å². The van der Waals surface area contributed by atoms with Crippen molar-refractivity contribution >= 4 is 11.5 Å².